The molecule has 0 spiro atoms. The molecule has 3 aromatic rings. The van der Waals surface area contributed by atoms with Crippen LogP contribution in [0.1, 0.15) is 12.5 Å². The summed E-state index contributed by atoms with van der Waals surface area (Å²) < 4.78 is 0. The molecule has 1 aromatic heterocycles. The van der Waals surface area contributed by atoms with E-state index < -0.39 is 0 Å². The van der Waals surface area contributed by atoms with Gasteiger partial charge in [0.1, 0.15) is 0 Å². The maximum atomic E-state index is 11.2. The molecule has 1 amide bonds. The molecule has 20 heavy (non-hydrogen) atoms. The summed E-state index contributed by atoms with van der Waals surface area (Å²) >= 11 is 0. The Morgan fingerprint density at radius 2 is 2.10 bits per heavy atom. The van der Waals surface area contributed by atoms with Gasteiger partial charge in [-0.2, -0.15) is 0 Å². The molecule has 100 valence electrons. The first-order valence-electron chi connectivity index (χ1n) is 6.46. The van der Waals surface area contributed by atoms with Gasteiger partial charge < -0.3 is 10.3 Å². The lowest BCUT2D eigenvalue weighted by Crippen LogP contribution is -2.07. The van der Waals surface area contributed by atoms with Gasteiger partial charge in [-0.3, -0.25) is 4.79 Å². The Bertz CT molecular complexity index is 789. The Labute approximate surface area is 116 Å². The van der Waals surface area contributed by atoms with Crippen molar-refractivity contribution in [2.75, 3.05) is 5.32 Å². The Balaban J connectivity index is 2.11. The van der Waals surface area contributed by atoms with Crippen LogP contribution in [0.3, 0.4) is 0 Å². The molecule has 2 aromatic carbocycles. The molecule has 4 nitrogen and oxygen atoms in total. The van der Waals surface area contributed by atoms with Crippen molar-refractivity contribution in [3.63, 3.8) is 0 Å². The van der Waals surface area contributed by atoms with E-state index in [0.29, 0.717) is 0 Å². The standard InChI is InChI=1S/C16H15N3O/c1-10-13(4-3-5-14(10)19-11(2)20)12-6-7-15-16(8-12)18-9-17-15/h3-9H,1-2H3,(H,17,18)(H,19,20). The SMILES string of the molecule is CC(=O)Nc1cccc(-c2ccc3nc[nH]c3c2)c1C. The summed E-state index contributed by atoms with van der Waals surface area (Å²) in [5.74, 6) is -0.0609. The van der Waals surface area contributed by atoms with Crippen LogP contribution in [0.15, 0.2) is 42.7 Å². The summed E-state index contributed by atoms with van der Waals surface area (Å²) in [6.07, 6.45) is 1.69. The zero-order valence-electron chi connectivity index (χ0n) is 11.4. The topological polar surface area (TPSA) is 57.8 Å². The first-order valence-corrected chi connectivity index (χ1v) is 6.46. The van der Waals surface area contributed by atoms with Gasteiger partial charge in [0.15, 0.2) is 0 Å². The first kappa shape index (κ1) is 12.4. The molecule has 0 saturated heterocycles. The van der Waals surface area contributed by atoms with Gasteiger partial charge in [0.2, 0.25) is 5.91 Å². The summed E-state index contributed by atoms with van der Waals surface area (Å²) in [5, 5.41) is 2.86. The third kappa shape index (κ3) is 2.16. The molecule has 0 aliphatic rings. The number of carbonyl (C=O) groups is 1. The molecule has 0 saturated carbocycles. The van der Waals surface area contributed by atoms with Gasteiger partial charge in [0.05, 0.1) is 17.4 Å². The monoisotopic (exact) mass is 265 g/mol. The highest BCUT2D eigenvalue weighted by molar-refractivity contribution is 5.91. The molecule has 1 heterocycles. The van der Waals surface area contributed by atoms with Crippen LogP contribution >= 0.6 is 0 Å². The Morgan fingerprint density at radius 1 is 1.25 bits per heavy atom. The average Bonchev–Trinajstić information content (AvgIpc) is 2.88. The second-order valence-corrected chi connectivity index (χ2v) is 4.79. The highest BCUT2D eigenvalue weighted by Gasteiger charge is 2.08. The summed E-state index contributed by atoms with van der Waals surface area (Å²) in [6.45, 7) is 3.53. The van der Waals surface area contributed by atoms with Crippen LogP contribution in [-0.2, 0) is 4.79 Å². The van der Waals surface area contributed by atoms with Crippen molar-refractivity contribution in [1.29, 1.82) is 0 Å². The van der Waals surface area contributed by atoms with Crippen LogP contribution < -0.4 is 5.32 Å². The van der Waals surface area contributed by atoms with E-state index in [1.54, 1.807) is 6.33 Å². The average molecular weight is 265 g/mol. The van der Waals surface area contributed by atoms with E-state index in [-0.39, 0.29) is 5.91 Å². The Kier molecular flexibility index (Phi) is 2.99. The number of benzene rings is 2. The zero-order valence-corrected chi connectivity index (χ0v) is 11.4. The summed E-state index contributed by atoms with van der Waals surface area (Å²) in [5.41, 5.74) is 6.07. The molecular formula is C16H15N3O. The normalized spacial score (nSPS) is 10.7. The molecule has 0 radical (unpaired) electrons. The van der Waals surface area contributed by atoms with Crippen molar-refractivity contribution in [2.45, 2.75) is 13.8 Å². The van der Waals surface area contributed by atoms with Gasteiger partial charge in [-0.1, -0.05) is 18.2 Å². The molecule has 0 unspecified atom stereocenters. The number of carbonyl (C=O) groups excluding carboxylic acids is 1. The summed E-state index contributed by atoms with van der Waals surface area (Å²) in [7, 11) is 0. The van der Waals surface area contributed by atoms with Crippen molar-refractivity contribution in [3.05, 3.63) is 48.3 Å². The van der Waals surface area contributed by atoms with E-state index in [1.165, 1.54) is 6.92 Å². The van der Waals surface area contributed by atoms with Crippen LogP contribution in [0.2, 0.25) is 0 Å². The largest absolute Gasteiger partial charge is 0.345 e. The minimum atomic E-state index is -0.0609. The number of hydrogen-bond donors (Lipinski definition) is 2. The van der Waals surface area contributed by atoms with Gasteiger partial charge >= 0.3 is 0 Å². The second-order valence-electron chi connectivity index (χ2n) is 4.79. The van der Waals surface area contributed by atoms with Crippen molar-refractivity contribution in [1.82, 2.24) is 9.97 Å². The van der Waals surface area contributed by atoms with Gasteiger partial charge in [-0.25, -0.2) is 4.98 Å². The molecule has 0 fully saturated rings. The van der Waals surface area contributed by atoms with Crippen molar-refractivity contribution < 1.29 is 4.79 Å². The number of rotatable bonds is 2. The molecule has 0 atom stereocenters. The quantitative estimate of drug-likeness (QED) is 0.745. The lowest BCUT2D eigenvalue weighted by molar-refractivity contribution is -0.114. The molecule has 2 N–H and O–H groups in total. The fourth-order valence-corrected chi connectivity index (χ4v) is 2.38. The number of nitrogens with zero attached hydrogens (tertiary/aromatic N) is 1. The number of anilines is 1. The Hall–Kier alpha value is -2.62. The maximum absolute atomic E-state index is 11.2. The van der Waals surface area contributed by atoms with Crippen LogP contribution in [0, 0.1) is 6.92 Å². The maximum Gasteiger partial charge on any atom is 0.221 e. The predicted octanol–water partition coefficient (Wildman–Crippen LogP) is 3.50. The van der Waals surface area contributed by atoms with Crippen molar-refractivity contribution >= 4 is 22.6 Å². The number of nitrogens with one attached hydrogen (secondary N) is 2. The number of fused-ring (bicyclic) bond motifs is 1. The van der Waals surface area contributed by atoms with Gasteiger partial charge in [-0.05, 0) is 41.8 Å². The second kappa shape index (κ2) is 4.81. The van der Waals surface area contributed by atoms with Crippen LogP contribution in [0.5, 0.6) is 0 Å². The van der Waals surface area contributed by atoms with E-state index in [4.69, 9.17) is 0 Å². The predicted molar refractivity (Wildman–Crippen MR) is 80.6 cm³/mol. The highest BCUT2D eigenvalue weighted by atomic mass is 16.1. The van der Waals surface area contributed by atoms with E-state index in [2.05, 4.69) is 27.4 Å². The number of hydrogen-bond acceptors (Lipinski definition) is 2. The van der Waals surface area contributed by atoms with Crippen molar-refractivity contribution in [2.24, 2.45) is 0 Å². The fourth-order valence-electron chi connectivity index (χ4n) is 2.38. The molecule has 0 aliphatic carbocycles. The number of H-pyrrole nitrogens is 1. The van der Waals surface area contributed by atoms with Crippen LogP contribution in [0.25, 0.3) is 22.2 Å². The number of aromatic amines is 1. The number of imidazole rings is 1. The van der Waals surface area contributed by atoms with E-state index in [0.717, 1.165) is 33.4 Å². The lowest BCUT2D eigenvalue weighted by Gasteiger charge is -2.11. The Morgan fingerprint density at radius 3 is 2.90 bits per heavy atom. The van der Waals surface area contributed by atoms with Crippen LogP contribution in [-0.4, -0.2) is 15.9 Å². The number of amides is 1. The van der Waals surface area contributed by atoms with Crippen LogP contribution in [0.4, 0.5) is 5.69 Å². The smallest absolute Gasteiger partial charge is 0.221 e. The first-order chi connectivity index (χ1) is 9.65. The van der Waals surface area contributed by atoms with Gasteiger partial charge in [0.25, 0.3) is 0 Å². The molecule has 0 bridgehead atoms. The third-order valence-corrected chi connectivity index (χ3v) is 3.38. The zero-order chi connectivity index (χ0) is 14.1. The third-order valence-electron chi connectivity index (χ3n) is 3.38. The summed E-state index contributed by atoms with van der Waals surface area (Å²) in [6, 6.07) is 12.0. The molecule has 0 aliphatic heterocycles. The number of aromatic nitrogens is 2. The van der Waals surface area contributed by atoms with E-state index in [9.17, 15) is 4.79 Å². The molecule has 3 rings (SSSR count). The minimum absolute atomic E-state index is 0.0609. The van der Waals surface area contributed by atoms with Gasteiger partial charge in [-0.15, -0.1) is 0 Å². The fraction of sp³-hybridized carbons (Fsp3) is 0.125. The van der Waals surface area contributed by atoms with Gasteiger partial charge in [0, 0.05) is 12.6 Å². The van der Waals surface area contributed by atoms with E-state index >= 15 is 0 Å². The van der Waals surface area contributed by atoms with E-state index in [1.807, 2.05) is 31.2 Å². The minimum Gasteiger partial charge on any atom is -0.345 e. The summed E-state index contributed by atoms with van der Waals surface area (Å²) in [4.78, 5) is 18.6. The van der Waals surface area contributed by atoms with Crippen molar-refractivity contribution in [3.8, 4) is 11.1 Å². The highest BCUT2D eigenvalue weighted by Crippen LogP contribution is 2.30. The lowest BCUT2D eigenvalue weighted by atomic mass is 9.99. The molecular weight excluding hydrogens is 250 g/mol. The molecule has 4 heteroatoms.